The van der Waals surface area contributed by atoms with Crippen LogP contribution in [0.4, 0.5) is 5.95 Å². The van der Waals surface area contributed by atoms with E-state index in [-0.39, 0.29) is 0 Å². The Balaban J connectivity index is 1.91. The van der Waals surface area contributed by atoms with E-state index < -0.39 is 0 Å². The van der Waals surface area contributed by atoms with E-state index in [2.05, 4.69) is 21.5 Å². The van der Waals surface area contributed by atoms with Crippen molar-refractivity contribution < 1.29 is 0 Å². The lowest BCUT2D eigenvalue weighted by atomic mass is 9.82. The molecule has 4 nitrogen and oxygen atoms in total. The predicted octanol–water partition coefficient (Wildman–Crippen LogP) is 3.15. The summed E-state index contributed by atoms with van der Waals surface area (Å²) in [5.74, 6) is 2.15. The molecule has 1 saturated carbocycles. The average molecular weight is 258 g/mol. The summed E-state index contributed by atoms with van der Waals surface area (Å²) in [7, 11) is 0. The van der Waals surface area contributed by atoms with E-state index in [4.69, 9.17) is 5.73 Å². The fraction of sp³-hybridized carbons (Fsp3) is 0.600. The van der Waals surface area contributed by atoms with Gasteiger partial charge in [-0.3, -0.25) is 4.57 Å². The smallest absolute Gasteiger partial charge is 0.202 e. The summed E-state index contributed by atoms with van der Waals surface area (Å²) in [4.78, 5) is 9.02. The maximum atomic E-state index is 6.07. The van der Waals surface area contributed by atoms with E-state index in [0.717, 1.165) is 29.3 Å². The number of aromatic nitrogens is 3. The van der Waals surface area contributed by atoms with Gasteiger partial charge in [0, 0.05) is 12.2 Å². The quantitative estimate of drug-likeness (QED) is 0.900. The van der Waals surface area contributed by atoms with Crippen LogP contribution < -0.4 is 5.73 Å². The highest BCUT2D eigenvalue weighted by Crippen LogP contribution is 2.31. The number of nitrogens with zero attached hydrogens (tertiary/aromatic N) is 3. The van der Waals surface area contributed by atoms with E-state index in [1.54, 1.807) is 0 Å². The summed E-state index contributed by atoms with van der Waals surface area (Å²) >= 11 is 0. The first kappa shape index (κ1) is 12.5. The van der Waals surface area contributed by atoms with Crippen molar-refractivity contribution in [3.63, 3.8) is 0 Å². The summed E-state index contributed by atoms with van der Waals surface area (Å²) in [5.41, 5.74) is 8.94. The second-order valence-electron chi connectivity index (χ2n) is 6.01. The van der Waals surface area contributed by atoms with Gasteiger partial charge >= 0.3 is 0 Å². The summed E-state index contributed by atoms with van der Waals surface area (Å²) < 4.78 is 2.10. The van der Waals surface area contributed by atoms with Gasteiger partial charge in [-0.05, 0) is 43.7 Å². The molecule has 1 fully saturated rings. The Hall–Kier alpha value is -1.58. The monoisotopic (exact) mass is 258 g/mol. The van der Waals surface area contributed by atoms with Crippen LogP contribution in [0.2, 0.25) is 0 Å². The molecular weight excluding hydrogens is 236 g/mol. The van der Waals surface area contributed by atoms with Gasteiger partial charge in [0.1, 0.15) is 5.52 Å². The topological polar surface area (TPSA) is 56.7 Å². The maximum absolute atomic E-state index is 6.07. The Kier molecular flexibility index (Phi) is 3.17. The molecule has 102 valence electrons. The number of imidazole rings is 1. The van der Waals surface area contributed by atoms with Crippen molar-refractivity contribution in [3.05, 3.63) is 17.8 Å². The first-order chi connectivity index (χ1) is 9.13. The number of aryl methyl sites for hydroxylation is 1. The second kappa shape index (κ2) is 4.83. The van der Waals surface area contributed by atoms with Gasteiger partial charge in [-0.15, -0.1) is 0 Å². The molecule has 0 bridgehead atoms. The average Bonchev–Trinajstić information content (AvgIpc) is 2.66. The number of anilines is 1. The highest BCUT2D eigenvalue weighted by molar-refractivity contribution is 5.74. The molecule has 2 aromatic rings. The zero-order valence-electron chi connectivity index (χ0n) is 11.8. The lowest BCUT2D eigenvalue weighted by Gasteiger charge is -2.27. The number of nitrogens with two attached hydrogens (primary N) is 1. The summed E-state index contributed by atoms with van der Waals surface area (Å²) in [6.07, 6.45) is 5.30. The lowest BCUT2D eigenvalue weighted by molar-refractivity contribution is 0.259. The molecule has 2 heterocycles. The van der Waals surface area contributed by atoms with Crippen molar-refractivity contribution in [3.8, 4) is 0 Å². The fourth-order valence-corrected chi connectivity index (χ4v) is 3.28. The van der Waals surface area contributed by atoms with Crippen LogP contribution in [-0.4, -0.2) is 14.5 Å². The SMILES string of the molecule is Cc1ccc2nc(N)n(CC3CCCC(C)C3)c2n1. The Morgan fingerprint density at radius 1 is 1.32 bits per heavy atom. The minimum atomic E-state index is 0.603. The highest BCUT2D eigenvalue weighted by atomic mass is 15.2. The molecule has 0 amide bonds. The number of nitrogen functional groups attached to an aromatic ring is 1. The van der Waals surface area contributed by atoms with Crippen LogP contribution in [0.15, 0.2) is 12.1 Å². The standard InChI is InChI=1S/C15H22N4/c1-10-4-3-5-12(8-10)9-19-14-13(18-15(19)16)7-6-11(2)17-14/h6-7,10,12H,3-5,8-9H2,1-2H3,(H2,16,18). The maximum Gasteiger partial charge on any atom is 0.202 e. The van der Waals surface area contributed by atoms with Crippen LogP contribution >= 0.6 is 0 Å². The van der Waals surface area contributed by atoms with Crippen molar-refractivity contribution in [1.82, 2.24) is 14.5 Å². The number of pyridine rings is 1. The van der Waals surface area contributed by atoms with Gasteiger partial charge in [-0.25, -0.2) is 9.97 Å². The van der Waals surface area contributed by atoms with Crippen LogP contribution in [0.1, 0.15) is 38.3 Å². The number of rotatable bonds is 2. The zero-order valence-corrected chi connectivity index (χ0v) is 11.8. The summed E-state index contributed by atoms with van der Waals surface area (Å²) in [6.45, 7) is 5.32. The fourth-order valence-electron chi connectivity index (χ4n) is 3.28. The Labute approximate surface area is 114 Å². The second-order valence-corrected chi connectivity index (χ2v) is 6.01. The first-order valence-corrected chi connectivity index (χ1v) is 7.23. The van der Waals surface area contributed by atoms with Gasteiger partial charge < -0.3 is 5.73 Å². The van der Waals surface area contributed by atoms with E-state index >= 15 is 0 Å². The molecule has 0 saturated heterocycles. The zero-order chi connectivity index (χ0) is 13.4. The largest absolute Gasteiger partial charge is 0.369 e. The molecule has 0 aliphatic heterocycles. The van der Waals surface area contributed by atoms with Gasteiger partial charge in [0.15, 0.2) is 5.65 Å². The van der Waals surface area contributed by atoms with Crippen molar-refractivity contribution in [2.75, 3.05) is 5.73 Å². The normalized spacial score (nSPS) is 23.9. The molecule has 1 aliphatic carbocycles. The number of fused-ring (bicyclic) bond motifs is 1. The lowest BCUT2D eigenvalue weighted by Crippen LogP contribution is -2.19. The molecule has 2 atom stereocenters. The third-order valence-corrected chi connectivity index (χ3v) is 4.25. The molecule has 2 aromatic heterocycles. The third-order valence-electron chi connectivity index (χ3n) is 4.25. The molecular formula is C15H22N4. The number of hydrogen-bond donors (Lipinski definition) is 1. The van der Waals surface area contributed by atoms with E-state index in [9.17, 15) is 0 Å². The molecule has 1 aliphatic rings. The highest BCUT2D eigenvalue weighted by Gasteiger charge is 2.21. The third kappa shape index (κ3) is 2.44. The van der Waals surface area contributed by atoms with Crippen LogP contribution in [-0.2, 0) is 6.54 Å². The molecule has 2 unspecified atom stereocenters. The van der Waals surface area contributed by atoms with Crippen molar-refractivity contribution in [1.29, 1.82) is 0 Å². The Morgan fingerprint density at radius 3 is 2.95 bits per heavy atom. The molecule has 0 spiro atoms. The van der Waals surface area contributed by atoms with E-state index in [1.165, 1.54) is 25.7 Å². The molecule has 0 aromatic carbocycles. The summed E-state index contributed by atoms with van der Waals surface area (Å²) in [6, 6.07) is 4.00. The molecule has 3 rings (SSSR count). The van der Waals surface area contributed by atoms with Crippen molar-refractivity contribution in [2.24, 2.45) is 11.8 Å². The predicted molar refractivity (Wildman–Crippen MR) is 77.8 cm³/mol. The number of hydrogen-bond acceptors (Lipinski definition) is 3. The van der Waals surface area contributed by atoms with Gasteiger partial charge in [0.25, 0.3) is 0 Å². The van der Waals surface area contributed by atoms with Gasteiger partial charge in [0.05, 0.1) is 0 Å². The van der Waals surface area contributed by atoms with Gasteiger partial charge in [0.2, 0.25) is 5.95 Å². The molecule has 4 heteroatoms. The molecule has 0 radical (unpaired) electrons. The van der Waals surface area contributed by atoms with Crippen LogP contribution in [0.5, 0.6) is 0 Å². The van der Waals surface area contributed by atoms with E-state index in [0.29, 0.717) is 11.9 Å². The van der Waals surface area contributed by atoms with E-state index in [1.807, 2.05) is 19.1 Å². The Bertz CT molecular complexity index is 587. The first-order valence-electron chi connectivity index (χ1n) is 7.23. The minimum Gasteiger partial charge on any atom is -0.369 e. The van der Waals surface area contributed by atoms with Gasteiger partial charge in [-0.2, -0.15) is 0 Å². The van der Waals surface area contributed by atoms with Crippen LogP contribution in [0, 0.1) is 18.8 Å². The Morgan fingerprint density at radius 2 is 2.16 bits per heavy atom. The van der Waals surface area contributed by atoms with Crippen LogP contribution in [0.3, 0.4) is 0 Å². The van der Waals surface area contributed by atoms with Gasteiger partial charge in [-0.1, -0.05) is 19.8 Å². The van der Waals surface area contributed by atoms with Crippen molar-refractivity contribution >= 4 is 17.1 Å². The molecule has 19 heavy (non-hydrogen) atoms. The van der Waals surface area contributed by atoms with Crippen molar-refractivity contribution in [2.45, 2.75) is 46.1 Å². The molecule has 2 N–H and O–H groups in total. The summed E-state index contributed by atoms with van der Waals surface area (Å²) in [5, 5.41) is 0. The van der Waals surface area contributed by atoms with Crippen LogP contribution in [0.25, 0.3) is 11.2 Å². The minimum absolute atomic E-state index is 0.603.